The number of rotatable bonds is 5. The van der Waals surface area contributed by atoms with Crippen LogP contribution in [0.5, 0.6) is 0 Å². The molecule has 106 valence electrons. The topological polar surface area (TPSA) is 64.2 Å². The zero-order valence-electron chi connectivity index (χ0n) is 11.7. The van der Waals surface area contributed by atoms with Crippen molar-refractivity contribution >= 4 is 5.91 Å². The lowest BCUT2D eigenvalue weighted by atomic mass is 9.88. The van der Waals surface area contributed by atoms with Gasteiger partial charge in [0.25, 0.3) is 0 Å². The van der Waals surface area contributed by atoms with Crippen LogP contribution in [0.3, 0.4) is 0 Å². The van der Waals surface area contributed by atoms with Crippen LogP contribution < -0.4 is 5.73 Å². The monoisotopic (exact) mass is 264 g/mol. The molecule has 5 heteroatoms. The van der Waals surface area contributed by atoms with Gasteiger partial charge in [-0.3, -0.25) is 4.79 Å². The van der Waals surface area contributed by atoms with Crippen LogP contribution in [-0.4, -0.2) is 39.5 Å². The van der Waals surface area contributed by atoms with Gasteiger partial charge in [0.2, 0.25) is 5.91 Å². The minimum Gasteiger partial charge on any atom is -0.338 e. The van der Waals surface area contributed by atoms with Crippen LogP contribution in [0, 0.1) is 5.92 Å². The molecule has 1 amide bonds. The molecule has 2 rings (SSSR count). The van der Waals surface area contributed by atoms with Crippen molar-refractivity contribution in [2.24, 2.45) is 11.7 Å². The number of aromatic nitrogens is 2. The smallest absolute Gasteiger partial charge is 0.224 e. The molecule has 2 unspecified atom stereocenters. The third-order valence-corrected chi connectivity index (χ3v) is 4.14. The summed E-state index contributed by atoms with van der Waals surface area (Å²) >= 11 is 0. The lowest BCUT2D eigenvalue weighted by Crippen LogP contribution is -2.49. The van der Waals surface area contributed by atoms with Crippen molar-refractivity contribution < 1.29 is 4.79 Å². The van der Waals surface area contributed by atoms with Crippen LogP contribution in [0.15, 0.2) is 18.7 Å². The highest BCUT2D eigenvalue weighted by atomic mass is 16.2. The van der Waals surface area contributed by atoms with E-state index < -0.39 is 0 Å². The number of amides is 1. The van der Waals surface area contributed by atoms with Crippen molar-refractivity contribution in [3.8, 4) is 0 Å². The number of likely N-dealkylation sites (tertiary alicyclic amines) is 1. The molecule has 0 aromatic carbocycles. The predicted octanol–water partition coefficient (Wildman–Crippen LogP) is 1.25. The SMILES string of the molecule is CCC1CCN(C(=O)CCn2ccnc2)C(CN)C1. The second-order valence-corrected chi connectivity index (χ2v) is 5.33. The molecule has 2 N–H and O–H groups in total. The van der Waals surface area contributed by atoms with E-state index in [4.69, 9.17) is 5.73 Å². The summed E-state index contributed by atoms with van der Waals surface area (Å²) in [6.45, 7) is 4.36. The highest BCUT2D eigenvalue weighted by molar-refractivity contribution is 5.76. The first-order valence-electron chi connectivity index (χ1n) is 7.19. The number of carbonyl (C=O) groups is 1. The Morgan fingerprint density at radius 3 is 3.00 bits per heavy atom. The van der Waals surface area contributed by atoms with Crippen LogP contribution in [-0.2, 0) is 11.3 Å². The molecule has 2 heterocycles. The second-order valence-electron chi connectivity index (χ2n) is 5.33. The van der Waals surface area contributed by atoms with E-state index in [1.165, 1.54) is 6.42 Å². The Balaban J connectivity index is 1.87. The maximum atomic E-state index is 12.3. The number of hydrogen-bond donors (Lipinski definition) is 1. The van der Waals surface area contributed by atoms with Gasteiger partial charge in [-0.15, -0.1) is 0 Å². The third kappa shape index (κ3) is 3.56. The fourth-order valence-electron chi connectivity index (χ4n) is 2.84. The van der Waals surface area contributed by atoms with Gasteiger partial charge in [-0.25, -0.2) is 4.98 Å². The van der Waals surface area contributed by atoms with Crippen LogP contribution >= 0.6 is 0 Å². The fraction of sp³-hybridized carbons (Fsp3) is 0.714. The number of piperidine rings is 1. The molecule has 0 aliphatic carbocycles. The Kier molecular flexibility index (Phi) is 4.96. The van der Waals surface area contributed by atoms with Gasteiger partial charge in [0, 0.05) is 44.5 Å². The van der Waals surface area contributed by atoms with Gasteiger partial charge in [-0.2, -0.15) is 0 Å². The number of carbonyl (C=O) groups excluding carboxylic acids is 1. The first-order chi connectivity index (χ1) is 9.24. The molecule has 1 fully saturated rings. The van der Waals surface area contributed by atoms with E-state index in [9.17, 15) is 4.79 Å². The molecule has 0 spiro atoms. The Morgan fingerprint density at radius 2 is 2.37 bits per heavy atom. The van der Waals surface area contributed by atoms with Crippen LogP contribution in [0.4, 0.5) is 0 Å². The van der Waals surface area contributed by atoms with Gasteiger partial charge in [0.15, 0.2) is 0 Å². The highest BCUT2D eigenvalue weighted by Gasteiger charge is 2.29. The van der Waals surface area contributed by atoms with Gasteiger partial charge < -0.3 is 15.2 Å². The molecule has 2 atom stereocenters. The van der Waals surface area contributed by atoms with Gasteiger partial charge in [-0.05, 0) is 18.8 Å². The molecule has 5 nitrogen and oxygen atoms in total. The summed E-state index contributed by atoms with van der Waals surface area (Å²) in [6.07, 6.45) is 9.26. The van der Waals surface area contributed by atoms with Crippen molar-refractivity contribution in [1.29, 1.82) is 0 Å². The Bertz CT molecular complexity index is 390. The number of aryl methyl sites for hydroxylation is 1. The molecule has 1 aromatic rings. The van der Waals surface area contributed by atoms with E-state index in [1.807, 2.05) is 15.7 Å². The molecule has 0 bridgehead atoms. The Labute approximate surface area is 114 Å². The van der Waals surface area contributed by atoms with E-state index in [-0.39, 0.29) is 11.9 Å². The predicted molar refractivity (Wildman–Crippen MR) is 74.4 cm³/mol. The minimum absolute atomic E-state index is 0.221. The van der Waals surface area contributed by atoms with Crippen molar-refractivity contribution in [3.63, 3.8) is 0 Å². The summed E-state index contributed by atoms with van der Waals surface area (Å²) in [4.78, 5) is 18.3. The third-order valence-electron chi connectivity index (χ3n) is 4.14. The fourth-order valence-corrected chi connectivity index (χ4v) is 2.84. The normalized spacial score (nSPS) is 23.6. The summed E-state index contributed by atoms with van der Waals surface area (Å²) < 4.78 is 1.94. The number of nitrogens with zero attached hydrogens (tertiary/aromatic N) is 3. The largest absolute Gasteiger partial charge is 0.338 e. The zero-order valence-corrected chi connectivity index (χ0v) is 11.7. The number of hydrogen-bond acceptors (Lipinski definition) is 3. The van der Waals surface area contributed by atoms with Crippen molar-refractivity contribution in [2.45, 2.75) is 45.2 Å². The van der Waals surface area contributed by atoms with Gasteiger partial charge in [0.05, 0.1) is 6.33 Å². The lowest BCUT2D eigenvalue weighted by Gasteiger charge is -2.39. The highest BCUT2D eigenvalue weighted by Crippen LogP contribution is 2.25. The molecule has 1 aliphatic rings. The van der Waals surface area contributed by atoms with Crippen LogP contribution in [0.1, 0.15) is 32.6 Å². The molecule has 1 saturated heterocycles. The summed E-state index contributed by atoms with van der Waals surface area (Å²) in [5, 5.41) is 0. The zero-order chi connectivity index (χ0) is 13.7. The number of nitrogens with two attached hydrogens (primary N) is 1. The van der Waals surface area contributed by atoms with Crippen molar-refractivity contribution in [2.75, 3.05) is 13.1 Å². The van der Waals surface area contributed by atoms with Crippen LogP contribution in [0.25, 0.3) is 0 Å². The van der Waals surface area contributed by atoms with E-state index in [1.54, 1.807) is 12.5 Å². The van der Waals surface area contributed by atoms with E-state index in [0.29, 0.717) is 19.5 Å². The van der Waals surface area contributed by atoms with E-state index in [2.05, 4.69) is 11.9 Å². The Hall–Kier alpha value is -1.36. The summed E-state index contributed by atoms with van der Waals surface area (Å²) in [5.74, 6) is 0.949. The second kappa shape index (κ2) is 6.70. The van der Waals surface area contributed by atoms with Gasteiger partial charge in [0.1, 0.15) is 0 Å². The first kappa shape index (κ1) is 14.1. The molecule has 0 saturated carbocycles. The average molecular weight is 264 g/mol. The van der Waals surface area contributed by atoms with Crippen LogP contribution in [0.2, 0.25) is 0 Å². The standard InChI is InChI=1S/C14H24N4O/c1-2-12-3-7-18(13(9-12)10-15)14(19)4-6-17-8-5-16-11-17/h5,8,11-13H,2-4,6-7,9-10,15H2,1H3. The molecule has 0 radical (unpaired) electrons. The maximum Gasteiger partial charge on any atom is 0.224 e. The lowest BCUT2D eigenvalue weighted by molar-refractivity contribution is -0.135. The van der Waals surface area contributed by atoms with Crippen molar-refractivity contribution in [1.82, 2.24) is 14.5 Å². The first-order valence-corrected chi connectivity index (χ1v) is 7.19. The quantitative estimate of drug-likeness (QED) is 0.870. The summed E-state index contributed by atoms with van der Waals surface area (Å²) in [5.41, 5.74) is 5.83. The Morgan fingerprint density at radius 1 is 1.53 bits per heavy atom. The molecular formula is C14H24N4O. The van der Waals surface area contributed by atoms with Crippen molar-refractivity contribution in [3.05, 3.63) is 18.7 Å². The number of imidazole rings is 1. The summed E-state index contributed by atoms with van der Waals surface area (Å²) in [7, 11) is 0. The van der Waals surface area contributed by atoms with Gasteiger partial charge in [-0.1, -0.05) is 13.3 Å². The molecule has 1 aromatic heterocycles. The molecular weight excluding hydrogens is 240 g/mol. The average Bonchev–Trinajstić information content (AvgIpc) is 2.97. The summed E-state index contributed by atoms with van der Waals surface area (Å²) in [6, 6.07) is 0.231. The van der Waals surface area contributed by atoms with E-state index >= 15 is 0 Å². The van der Waals surface area contributed by atoms with E-state index in [0.717, 1.165) is 25.3 Å². The molecule has 19 heavy (non-hydrogen) atoms. The minimum atomic E-state index is 0.221. The molecule has 1 aliphatic heterocycles. The maximum absolute atomic E-state index is 12.3. The van der Waals surface area contributed by atoms with Gasteiger partial charge >= 0.3 is 0 Å².